The first-order valence-electron chi connectivity index (χ1n) is 12.2. The number of benzene rings is 3. The summed E-state index contributed by atoms with van der Waals surface area (Å²) in [5.74, 6) is -1.53. The molecule has 2 aliphatic heterocycles. The lowest BCUT2D eigenvalue weighted by Gasteiger charge is -2.51. The fourth-order valence-electron chi connectivity index (χ4n) is 6.03. The van der Waals surface area contributed by atoms with E-state index in [4.69, 9.17) is 4.74 Å². The number of para-hydroxylation sites is 2. The van der Waals surface area contributed by atoms with Crippen molar-refractivity contribution in [3.63, 3.8) is 0 Å². The summed E-state index contributed by atoms with van der Waals surface area (Å²) in [6.07, 6.45) is 4.46. The van der Waals surface area contributed by atoms with Gasteiger partial charge < -0.3 is 9.64 Å². The van der Waals surface area contributed by atoms with Gasteiger partial charge in [0.1, 0.15) is 5.75 Å². The maximum Gasteiger partial charge on any atom is 0.238 e. The van der Waals surface area contributed by atoms with E-state index in [1.165, 1.54) is 4.90 Å². The van der Waals surface area contributed by atoms with Crippen molar-refractivity contribution in [1.29, 1.82) is 0 Å². The second-order valence-corrected chi connectivity index (χ2v) is 9.51. The van der Waals surface area contributed by atoms with Crippen LogP contribution in [0.15, 0.2) is 97.1 Å². The Morgan fingerprint density at radius 3 is 2.00 bits per heavy atom. The third-order valence-electron chi connectivity index (χ3n) is 7.70. The van der Waals surface area contributed by atoms with E-state index in [1.54, 1.807) is 24.1 Å². The monoisotopic (exact) mass is 478 g/mol. The van der Waals surface area contributed by atoms with Gasteiger partial charge in [-0.25, -0.2) is 0 Å². The number of β-lactam (4-membered cyclic amide) rings is 1. The molecule has 0 bridgehead atoms. The van der Waals surface area contributed by atoms with Crippen molar-refractivity contribution in [2.24, 2.45) is 23.7 Å². The van der Waals surface area contributed by atoms with Gasteiger partial charge in [-0.15, -0.1) is 0 Å². The Bertz CT molecular complexity index is 1340. The molecule has 0 spiro atoms. The zero-order valence-corrected chi connectivity index (χ0v) is 19.9. The third kappa shape index (κ3) is 3.36. The number of anilines is 2. The van der Waals surface area contributed by atoms with Crippen LogP contribution in [0, 0.1) is 23.7 Å². The highest BCUT2D eigenvalue weighted by Gasteiger charge is 2.60. The van der Waals surface area contributed by atoms with Crippen molar-refractivity contribution in [1.82, 2.24) is 0 Å². The van der Waals surface area contributed by atoms with Crippen LogP contribution >= 0.6 is 0 Å². The van der Waals surface area contributed by atoms with Crippen LogP contribution in [0.4, 0.5) is 11.4 Å². The minimum atomic E-state index is -0.560. The number of allylic oxidation sites excluding steroid dienone is 2. The van der Waals surface area contributed by atoms with Crippen LogP contribution in [0.3, 0.4) is 0 Å². The number of carbonyl (C=O) groups excluding carboxylic acids is 3. The first-order chi connectivity index (χ1) is 17.6. The summed E-state index contributed by atoms with van der Waals surface area (Å²) >= 11 is 0. The minimum Gasteiger partial charge on any atom is -0.497 e. The van der Waals surface area contributed by atoms with Crippen molar-refractivity contribution in [3.8, 4) is 5.75 Å². The molecule has 0 saturated carbocycles. The van der Waals surface area contributed by atoms with Crippen LogP contribution in [0.5, 0.6) is 5.75 Å². The van der Waals surface area contributed by atoms with Crippen LogP contribution in [-0.2, 0) is 14.4 Å². The topological polar surface area (TPSA) is 66.9 Å². The van der Waals surface area contributed by atoms with E-state index < -0.39 is 17.8 Å². The molecular formula is C30H26N2O4. The summed E-state index contributed by atoms with van der Waals surface area (Å²) in [4.78, 5) is 44.0. The number of fused-ring (bicyclic) bond motifs is 1. The maximum atomic E-state index is 13.8. The molecule has 3 aliphatic rings. The number of nitrogens with zero attached hydrogens (tertiary/aromatic N) is 2. The van der Waals surface area contributed by atoms with Gasteiger partial charge in [0.15, 0.2) is 0 Å². The minimum absolute atomic E-state index is 0.0317. The number of hydrogen-bond donors (Lipinski definition) is 0. The first-order valence-corrected chi connectivity index (χ1v) is 12.2. The van der Waals surface area contributed by atoms with Crippen LogP contribution in [0.1, 0.15) is 18.0 Å². The first kappa shape index (κ1) is 22.3. The number of imide groups is 1. The fraction of sp³-hybridized carbons (Fsp3) is 0.233. The molecule has 36 heavy (non-hydrogen) atoms. The Morgan fingerprint density at radius 2 is 1.36 bits per heavy atom. The SMILES string of the molecule is COc1ccc([C@H]2C([C@H]3C=CC[C@H]4C(=O)N(c5ccccc5)C(=O)[C@@H]34)C(=O)N2c2ccccc2)cc1. The molecule has 6 heteroatoms. The van der Waals surface area contributed by atoms with E-state index in [1.807, 2.05) is 84.9 Å². The number of amides is 3. The van der Waals surface area contributed by atoms with Crippen LogP contribution in [0.2, 0.25) is 0 Å². The van der Waals surface area contributed by atoms with Crippen molar-refractivity contribution in [3.05, 3.63) is 103 Å². The van der Waals surface area contributed by atoms with Gasteiger partial charge in [-0.1, -0.05) is 60.7 Å². The highest BCUT2D eigenvalue weighted by molar-refractivity contribution is 6.22. The molecule has 0 aromatic heterocycles. The zero-order chi connectivity index (χ0) is 24.8. The molecule has 6 rings (SSSR count). The zero-order valence-electron chi connectivity index (χ0n) is 19.9. The Balaban J connectivity index is 1.39. The van der Waals surface area contributed by atoms with Crippen molar-refractivity contribution >= 4 is 29.1 Å². The quantitative estimate of drug-likeness (QED) is 0.301. The normalized spacial score (nSPS) is 27.1. The van der Waals surface area contributed by atoms with E-state index >= 15 is 0 Å². The molecule has 2 saturated heterocycles. The average Bonchev–Trinajstić information content (AvgIpc) is 3.18. The molecule has 5 atom stereocenters. The number of methoxy groups -OCH3 is 1. The molecule has 1 unspecified atom stereocenters. The summed E-state index contributed by atoms with van der Waals surface area (Å²) in [5.41, 5.74) is 2.37. The van der Waals surface area contributed by atoms with E-state index in [0.717, 1.165) is 17.0 Å². The number of rotatable bonds is 5. The Hall–Kier alpha value is -4.19. The molecule has 1 aliphatic carbocycles. The smallest absolute Gasteiger partial charge is 0.238 e. The summed E-state index contributed by atoms with van der Waals surface area (Å²) in [5, 5.41) is 0. The molecule has 6 nitrogen and oxygen atoms in total. The lowest BCUT2D eigenvalue weighted by molar-refractivity contribution is -0.135. The van der Waals surface area contributed by atoms with Crippen LogP contribution < -0.4 is 14.5 Å². The second-order valence-electron chi connectivity index (χ2n) is 9.51. The molecule has 180 valence electrons. The standard InChI is InChI=1S/C30H26N2O4/c1-36-22-17-15-19(16-18-22)27-26(30(35)31(27)20-9-4-2-5-10-20)23-13-8-14-24-25(23)29(34)32(28(24)33)21-11-6-3-7-12-21/h2-13,15-18,23-27H,14H2,1H3/t23-,24+,25-,26?,27-/m0/s1. The Labute approximate surface area is 209 Å². The predicted molar refractivity (Wildman–Crippen MR) is 136 cm³/mol. The van der Waals surface area contributed by atoms with E-state index in [0.29, 0.717) is 12.1 Å². The summed E-state index contributed by atoms with van der Waals surface area (Å²) < 4.78 is 5.33. The lowest BCUT2D eigenvalue weighted by Crippen LogP contribution is -2.59. The van der Waals surface area contributed by atoms with Gasteiger partial charge in [0.05, 0.1) is 36.6 Å². The summed E-state index contributed by atoms with van der Waals surface area (Å²) in [6, 6.07) is 26.1. The van der Waals surface area contributed by atoms with E-state index in [2.05, 4.69) is 0 Å². The second kappa shape index (κ2) is 8.79. The van der Waals surface area contributed by atoms with Crippen LogP contribution in [0.25, 0.3) is 0 Å². The number of hydrogen-bond acceptors (Lipinski definition) is 4. The van der Waals surface area contributed by atoms with Gasteiger partial charge in [0.25, 0.3) is 0 Å². The Kier molecular flexibility index (Phi) is 5.44. The van der Waals surface area contributed by atoms with Gasteiger partial charge in [0.2, 0.25) is 17.7 Å². The molecule has 0 N–H and O–H groups in total. The summed E-state index contributed by atoms with van der Waals surface area (Å²) in [6.45, 7) is 0. The van der Waals surface area contributed by atoms with Gasteiger partial charge in [-0.3, -0.25) is 19.3 Å². The van der Waals surface area contributed by atoms with Gasteiger partial charge in [0, 0.05) is 11.6 Å². The number of carbonyl (C=O) groups is 3. The van der Waals surface area contributed by atoms with E-state index in [9.17, 15) is 14.4 Å². The van der Waals surface area contributed by atoms with Gasteiger partial charge in [-0.05, 0) is 48.4 Å². The fourth-order valence-corrected chi connectivity index (χ4v) is 6.03. The third-order valence-corrected chi connectivity index (χ3v) is 7.70. The molecule has 2 heterocycles. The van der Waals surface area contributed by atoms with Crippen LogP contribution in [-0.4, -0.2) is 24.8 Å². The number of ether oxygens (including phenoxy) is 1. The predicted octanol–water partition coefficient (Wildman–Crippen LogP) is 4.78. The van der Waals surface area contributed by atoms with Gasteiger partial charge in [-0.2, -0.15) is 0 Å². The molecular weight excluding hydrogens is 452 g/mol. The molecule has 3 amide bonds. The molecule has 3 aromatic carbocycles. The largest absolute Gasteiger partial charge is 0.497 e. The highest BCUT2D eigenvalue weighted by Crippen LogP contribution is 2.53. The van der Waals surface area contributed by atoms with Crippen molar-refractivity contribution < 1.29 is 19.1 Å². The maximum absolute atomic E-state index is 13.8. The van der Waals surface area contributed by atoms with E-state index in [-0.39, 0.29) is 29.7 Å². The average molecular weight is 479 g/mol. The van der Waals surface area contributed by atoms with Crippen molar-refractivity contribution in [2.45, 2.75) is 12.5 Å². The van der Waals surface area contributed by atoms with Crippen molar-refractivity contribution in [2.75, 3.05) is 16.9 Å². The summed E-state index contributed by atoms with van der Waals surface area (Å²) in [7, 11) is 1.62. The molecule has 0 radical (unpaired) electrons. The highest BCUT2D eigenvalue weighted by atomic mass is 16.5. The molecule has 3 aromatic rings. The lowest BCUT2D eigenvalue weighted by atomic mass is 9.64. The Morgan fingerprint density at radius 1 is 0.722 bits per heavy atom. The molecule has 2 fully saturated rings. The van der Waals surface area contributed by atoms with Gasteiger partial charge >= 0.3 is 0 Å².